The van der Waals surface area contributed by atoms with Crippen molar-refractivity contribution in [2.24, 2.45) is 0 Å². The van der Waals surface area contributed by atoms with Gasteiger partial charge in [0.05, 0.1) is 37.8 Å². The Hall–Kier alpha value is -2.05. The van der Waals surface area contributed by atoms with E-state index in [1.807, 2.05) is 6.92 Å². The predicted octanol–water partition coefficient (Wildman–Crippen LogP) is 2.03. The molecule has 0 fully saturated rings. The normalized spacial score (nSPS) is 12.6. The minimum atomic E-state index is -0.547. The molecule has 21 heavy (non-hydrogen) atoms. The fraction of sp³-hybridized carbons (Fsp3) is 0.643. The third kappa shape index (κ3) is 5.85. The highest BCUT2D eigenvalue weighted by Crippen LogP contribution is 2.14. The van der Waals surface area contributed by atoms with Crippen LogP contribution in [-0.4, -0.2) is 34.3 Å². The molecule has 1 unspecified atom stereocenters. The first-order valence-corrected chi connectivity index (χ1v) is 6.79. The van der Waals surface area contributed by atoms with Gasteiger partial charge in [-0.15, -0.1) is 0 Å². The van der Waals surface area contributed by atoms with Crippen molar-refractivity contribution in [3.05, 3.63) is 18.2 Å². The van der Waals surface area contributed by atoms with Gasteiger partial charge in [-0.3, -0.25) is 4.79 Å². The number of aryl methyl sites for hydroxylation is 1. The Morgan fingerprint density at radius 1 is 1.43 bits per heavy atom. The van der Waals surface area contributed by atoms with Gasteiger partial charge in [-0.05, 0) is 27.7 Å². The van der Waals surface area contributed by atoms with E-state index < -0.39 is 11.7 Å². The van der Waals surface area contributed by atoms with Gasteiger partial charge in [-0.2, -0.15) is 0 Å². The topological polar surface area (TPSA) is 82.5 Å². The van der Waals surface area contributed by atoms with Crippen molar-refractivity contribution in [3.63, 3.8) is 0 Å². The minimum Gasteiger partial charge on any atom is -0.469 e. The summed E-state index contributed by atoms with van der Waals surface area (Å²) in [6.45, 7) is 7.69. The van der Waals surface area contributed by atoms with Gasteiger partial charge in [-0.1, -0.05) is 0 Å². The lowest BCUT2D eigenvalue weighted by Gasteiger charge is -2.22. The molecule has 0 aliphatic carbocycles. The molecule has 1 rings (SSSR count). The summed E-state index contributed by atoms with van der Waals surface area (Å²) in [5.74, 6) is -0.289. The van der Waals surface area contributed by atoms with Crippen LogP contribution in [-0.2, 0) is 20.8 Å². The molecule has 0 aliphatic heterocycles. The number of carbonyl (C=O) groups excluding carboxylic acids is 2. The van der Waals surface area contributed by atoms with Crippen molar-refractivity contribution in [2.45, 2.75) is 52.3 Å². The average molecular weight is 297 g/mol. The van der Waals surface area contributed by atoms with Crippen LogP contribution in [0.25, 0.3) is 0 Å². The maximum atomic E-state index is 11.8. The Kier molecular flexibility index (Phi) is 5.75. The molecule has 1 heterocycles. The predicted molar refractivity (Wildman–Crippen MR) is 76.6 cm³/mol. The number of esters is 1. The molecular weight excluding hydrogens is 274 g/mol. The van der Waals surface area contributed by atoms with E-state index in [1.54, 1.807) is 37.9 Å². The molecule has 1 aromatic heterocycles. The zero-order valence-electron chi connectivity index (χ0n) is 13.2. The van der Waals surface area contributed by atoms with Crippen LogP contribution >= 0.6 is 0 Å². The molecule has 0 aromatic carbocycles. The van der Waals surface area contributed by atoms with Gasteiger partial charge < -0.3 is 19.4 Å². The summed E-state index contributed by atoms with van der Waals surface area (Å²) < 4.78 is 11.6. The van der Waals surface area contributed by atoms with Crippen LogP contribution in [0.5, 0.6) is 0 Å². The molecule has 1 amide bonds. The highest BCUT2D eigenvalue weighted by molar-refractivity contribution is 5.69. The first-order chi connectivity index (χ1) is 9.73. The fourth-order valence-corrected chi connectivity index (χ4v) is 1.75. The van der Waals surface area contributed by atoms with Crippen molar-refractivity contribution >= 4 is 12.1 Å². The lowest BCUT2D eigenvalue weighted by Crippen LogP contribution is -2.34. The van der Waals surface area contributed by atoms with Crippen LogP contribution in [0.2, 0.25) is 0 Å². The van der Waals surface area contributed by atoms with Crippen LogP contribution in [0, 0.1) is 0 Å². The molecule has 0 saturated carbocycles. The second-order valence-corrected chi connectivity index (χ2v) is 5.71. The number of amides is 1. The molecule has 7 heteroatoms. The number of carbonyl (C=O) groups is 2. The summed E-state index contributed by atoms with van der Waals surface area (Å²) in [4.78, 5) is 27.0. The Bertz CT molecular complexity index is 491. The van der Waals surface area contributed by atoms with E-state index in [0.717, 1.165) is 5.69 Å². The monoisotopic (exact) mass is 297 g/mol. The Morgan fingerprint density at radius 2 is 2.10 bits per heavy atom. The first kappa shape index (κ1) is 17.0. The second kappa shape index (κ2) is 7.10. The molecule has 7 nitrogen and oxygen atoms in total. The third-order valence-electron chi connectivity index (χ3n) is 2.71. The Labute approximate surface area is 124 Å². The van der Waals surface area contributed by atoms with Crippen molar-refractivity contribution in [2.75, 3.05) is 7.11 Å². The molecule has 0 aliphatic rings. The van der Waals surface area contributed by atoms with Gasteiger partial charge >= 0.3 is 12.1 Å². The number of hydrogen-bond acceptors (Lipinski definition) is 5. The number of methoxy groups -OCH3 is 1. The summed E-state index contributed by atoms with van der Waals surface area (Å²) in [6, 6.07) is -0.278. The molecule has 0 spiro atoms. The number of hydrogen-bond donors (Lipinski definition) is 1. The smallest absolute Gasteiger partial charge is 0.408 e. The van der Waals surface area contributed by atoms with Crippen LogP contribution in [0.15, 0.2) is 12.5 Å². The van der Waals surface area contributed by atoms with Gasteiger partial charge in [-0.25, -0.2) is 9.78 Å². The largest absolute Gasteiger partial charge is 0.469 e. The average Bonchev–Trinajstić information content (AvgIpc) is 2.81. The molecule has 118 valence electrons. The van der Waals surface area contributed by atoms with Crippen molar-refractivity contribution in [3.8, 4) is 0 Å². The molecule has 1 aromatic rings. The Balaban J connectivity index is 2.62. The van der Waals surface area contributed by atoms with E-state index in [4.69, 9.17) is 4.74 Å². The van der Waals surface area contributed by atoms with E-state index in [0.29, 0.717) is 6.54 Å². The summed E-state index contributed by atoms with van der Waals surface area (Å²) in [6.07, 6.45) is 3.03. The molecule has 0 bridgehead atoms. The lowest BCUT2D eigenvalue weighted by atomic mass is 10.2. The maximum Gasteiger partial charge on any atom is 0.408 e. The number of rotatable bonds is 5. The molecular formula is C14H23N3O4. The molecule has 0 saturated heterocycles. The van der Waals surface area contributed by atoms with E-state index in [9.17, 15) is 9.59 Å². The minimum absolute atomic E-state index is 0.249. The Morgan fingerprint density at radius 3 is 2.67 bits per heavy atom. The third-order valence-corrected chi connectivity index (χ3v) is 2.71. The highest BCUT2D eigenvalue weighted by Gasteiger charge is 2.20. The summed E-state index contributed by atoms with van der Waals surface area (Å²) in [7, 11) is 1.35. The van der Waals surface area contributed by atoms with Crippen molar-refractivity contribution < 1.29 is 19.1 Å². The molecule has 1 N–H and O–H groups in total. The first-order valence-electron chi connectivity index (χ1n) is 6.79. The number of nitrogens with one attached hydrogen (secondary N) is 1. The summed E-state index contributed by atoms with van der Waals surface area (Å²) in [5, 5.41) is 2.74. The lowest BCUT2D eigenvalue weighted by molar-refractivity contribution is -0.140. The van der Waals surface area contributed by atoms with E-state index in [2.05, 4.69) is 15.0 Å². The van der Waals surface area contributed by atoms with Crippen LogP contribution in [0.3, 0.4) is 0 Å². The second-order valence-electron chi connectivity index (χ2n) is 5.71. The number of imidazole rings is 1. The van der Waals surface area contributed by atoms with E-state index in [1.165, 1.54) is 7.11 Å². The van der Waals surface area contributed by atoms with Crippen molar-refractivity contribution in [1.82, 2.24) is 14.9 Å². The van der Waals surface area contributed by atoms with E-state index >= 15 is 0 Å². The van der Waals surface area contributed by atoms with Gasteiger partial charge in [0.2, 0.25) is 0 Å². The standard InChI is InChI=1S/C14H23N3O4/c1-10(16-13(19)21-14(2,3)4)11-8-15-9-17(11)7-6-12(18)20-5/h8-10H,6-7H2,1-5H3,(H,16,19). The van der Waals surface area contributed by atoms with Crippen LogP contribution < -0.4 is 5.32 Å². The van der Waals surface area contributed by atoms with Crippen LogP contribution in [0.1, 0.15) is 45.9 Å². The highest BCUT2D eigenvalue weighted by atomic mass is 16.6. The molecule has 0 radical (unpaired) electrons. The van der Waals surface area contributed by atoms with Gasteiger partial charge in [0.1, 0.15) is 5.60 Å². The number of alkyl carbamates (subject to hydrolysis) is 1. The number of aromatic nitrogens is 2. The summed E-state index contributed by atoms with van der Waals surface area (Å²) in [5.41, 5.74) is 0.249. The van der Waals surface area contributed by atoms with Gasteiger partial charge in [0.25, 0.3) is 0 Å². The SMILES string of the molecule is COC(=O)CCn1cncc1C(C)NC(=O)OC(C)(C)C. The van der Waals surface area contributed by atoms with Crippen molar-refractivity contribution in [1.29, 1.82) is 0 Å². The summed E-state index contributed by atoms with van der Waals surface area (Å²) >= 11 is 0. The van der Waals surface area contributed by atoms with Gasteiger partial charge in [0.15, 0.2) is 0 Å². The van der Waals surface area contributed by atoms with Gasteiger partial charge in [0, 0.05) is 6.54 Å². The quantitative estimate of drug-likeness (QED) is 0.841. The number of ether oxygens (including phenoxy) is 2. The maximum absolute atomic E-state index is 11.8. The zero-order valence-corrected chi connectivity index (χ0v) is 13.2. The van der Waals surface area contributed by atoms with Crippen LogP contribution in [0.4, 0.5) is 4.79 Å². The fourth-order valence-electron chi connectivity index (χ4n) is 1.75. The van der Waals surface area contributed by atoms with E-state index in [-0.39, 0.29) is 18.4 Å². The zero-order chi connectivity index (χ0) is 16.0. The molecule has 1 atom stereocenters. The number of nitrogens with zero attached hydrogens (tertiary/aromatic N) is 2.